The number of amides is 1. The number of carbonyl (C=O) groups excluding carboxylic acids is 1. The van der Waals surface area contributed by atoms with E-state index in [4.69, 9.17) is 11.6 Å². The summed E-state index contributed by atoms with van der Waals surface area (Å²) in [5.41, 5.74) is -0.322. The van der Waals surface area contributed by atoms with Crippen molar-refractivity contribution in [1.82, 2.24) is 10.6 Å². The van der Waals surface area contributed by atoms with Crippen LogP contribution in [-0.2, 0) is 0 Å². The van der Waals surface area contributed by atoms with Crippen LogP contribution in [0.5, 0.6) is 0 Å². The van der Waals surface area contributed by atoms with Crippen molar-refractivity contribution >= 4 is 29.9 Å². The third kappa shape index (κ3) is 4.05. The number of rotatable bonds is 2. The zero-order chi connectivity index (χ0) is 14.9. The highest BCUT2D eigenvalue weighted by molar-refractivity contribution is 6.30. The summed E-state index contributed by atoms with van der Waals surface area (Å²) < 4.78 is 27.1. The molecule has 0 aliphatic carbocycles. The Bertz CT molecular complexity index is 518. The van der Waals surface area contributed by atoms with Gasteiger partial charge in [-0.05, 0) is 37.9 Å². The number of halogens is 4. The van der Waals surface area contributed by atoms with Crippen molar-refractivity contribution in [2.24, 2.45) is 5.92 Å². The van der Waals surface area contributed by atoms with Crippen LogP contribution in [0, 0.1) is 17.6 Å². The second-order valence-corrected chi connectivity index (χ2v) is 5.66. The molecule has 1 aromatic rings. The molecule has 3 nitrogen and oxygen atoms in total. The summed E-state index contributed by atoms with van der Waals surface area (Å²) in [5.74, 6) is -1.97. The highest BCUT2D eigenvalue weighted by atomic mass is 35.5. The summed E-state index contributed by atoms with van der Waals surface area (Å²) >= 11 is 5.47. The molecule has 0 aromatic heterocycles. The minimum absolute atomic E-state index is 0. The normalized spacial score (nSPS) is 25.1. The van der Waals surface area contributed by atoms with Crippen molar-refractivity contribution in [3.8, 4) is 0 Å². The predicted molar refractivity (Wildman–Crippen MR) is 81.1 cm³/mol. The number of hydrogen-bond acceptors (Lipinski definition) is 2. The maximum Gasteiger partial charge on any atom is 0.254 e. The van der Waals surface area contributed by atoms with Crippen LogP contribution in [0.15, 0.2) is 12.1 Å². The molecule has 21 heavy (non-hydrogen) atoms. The van der Waals surface area contributed by atoms with Gasteiger partial charge < -0.3 is 10.6 Å². The van der Waals surface area contributed by atoms with E-state index in [0.29, 0.717) is 0 Å². The lowest BCUT2D eigenvalue weighted by molar-refractivity contribution is 0.0893. The molecule has 1 aromatic carbocycles. The van der Waals surface area contributed by atoms with E-state index in [0.717, 1.165) is 25.1 Å². The average Bonchev–Trinajstić information content (AvgIpc) is 2.38. The standard InChI is InChI=1S/C14H17ClF2N2O.ClH/c1-7-3-4-18-8(2)13(7)19-14(20)9-5-12(17)10(15)6-11(9)16;/h5-8,13,18H,3-4H2,1-2H3,(H,19,20);1H. The van der Waals surface area contributed by atoms with E-state index in [1.807, 2.05) is 13.8 Å². The van der Waals surface area contributed by atoms with Gasteiger partial charge in [0.1, 0.15) is 11.6 Å². The average molecular weight is 339 g/mol. The highest BCUT2D eigenvalue weighted by Gasteiger charge is 2.29. The Kier molecular flexibility index (Phi) is 6.38. The Morgan fingerprint density at radius 2 is 2.00 bits per heavy atom. The van der Waals surface area contributed by atoms with Crippen LogP contribution in [-0.4, -0.2) is 24.5 Å². The maximum absolute atomic E-state index is 13.7. The summed E-state index contributed by atoms with van der Waals surface area (Å²) in [6.45, 7) is 4.87. The molecule has 0 radical (unpaired) electrons. The predicted octanol–water partition coefficient (Wildman–Crippen LogP) is 3.16. The molecule has 2 N–H and O–H groups in total. The minimum atomic E-state index is -0.821. The van der Waals surface area contributed by atoms with E-state index in [1.54, 1.807) is 0 Å². The fraction of sp³-hybridized carbons (Fsp3) is 0.500. The molecule has 118 valence electrons. The number of nitrogens with one attached hydrogen (secondary N) is 2. The van der Waals surface area contributed by atoms with Crippen LogP contribution in [0.2, 0.25) is 5.02 Å². The molecular formula is C14H18Cl2F2N2O. The molecule has 1 heterocycles. The van der Waals surface area contributed by atoms with E-state index in [-0.39, 0.29) is 41.0 Å². The number of carbonyl (C=O) groups is 1. The fourth-order valence-electron chi connectivity index (χ4n) is 2.53. The SMILES string of the molecule is CC1CCNC(C)C1NC(=O)c1cc(F)c(Cl)cc1F.Cl. The van der Waals surface area contributed by atoms with Crippen molar-refractivity contribution in [3.05, 3.63) is 34.4 Å². The third-order valence-electron chi connectivity index (χ3n) is 3.77. The molecule has 0 saturated carbocycles. The van der Waals surface area contributed by atoms with Crippen molar-refractivity contribution in [3.63, 3.8) is 0 Å². The van der Waals surface area contributed by atoms with Gasteiger partial charge in [-0.1, -0.05) is 18.5 Å². The van der Waals surface area contributed by atoms with E-state index in [1.165, 1.54) is 0 Å². The Morgan fingerprint density at radius 1 is 1.33 bits per heavy atom. The van der Waals surface area contributed by atoms with Gasteiger partial charge in [-0.15, -0.1) is 12.4 Å². The first-order chi connectivity index (χ1) is 9.40. The summed E-state index contributed by atoms with van der Waals surface area (Å²) in [7, 11) is 0. The van der Waals surface area contributed by atoms with E-state index in [9.17, 15) is 13.6 Å². The summed E-state index contributed by atoms with van der Waals surface area (Å²) in [5, 5.41) is 5.69. The number of hydrogen-bond donors (Lipinski definition) is 2. The van der Waals surface area contributed by atoms with Crippen molar-refractivity contribution in [1.29, 1.82) is 0 Å². The zero-order valence-electron chi connectivity index (χ0n) is 11.8. The Labute approximate surface area is 133 Å². The maximum atomic E-state index is 13.7. The van der Waals surface area contributed by atoms with Gasteiger partial charge in [-0.2, -0.15) is 0 Å². The Hall–Kier alpha value is -0.910. The van der Waals surface area contributed by atoms with Crippen LogP contribution >= 0.6 is 24.0 Å². The highest BCUT2D eigenvalue weighted by Crippen LogP contribution is 2.21. The summed E-state index contributed by atoms with van der Waals surface area (Å²) in [4.78, 5) is 12.1. The van der Waals surface area contributed by atoms with Gasteiger partial charge in [0.2, 0.25) is 0 Å². The molecule has 1 aliphatic rings. The molecule has 1 aliphatic heterocycles. The fourth-order valence-corrected chi connectivity index (χ4v) is 2.68. The zero-order valence-corrected chi connectivity index (χ0v) is 13.3. The second-order valence-electron chi connectivity index (χ2n) is 5.25. The molecule has 7 heteroatoms. The van der Waals surface area contributed by atoms with E-state index >= 15 is 0 Å². The molecule has 0 bridgehead atoms. The van der Waals surface area contributed by atoms with Gasteiger partial charge in [0.25, 0.3) is 5.91 Å². The van der Waals surface area contributed by atoms with Crippen LogP contribution in [0.1, 0.15) is 30.6 Å². The molecule has 2 rings (SSSR count). The van der Waals surface area contributed by atoms with Gasteiger partial charge in [0.05, 0.1) is 10.6 Å². The van der Waals surface area contributed by atoms with E-state index < -0.39 is 17.5 Å². The van der Waals surface area contributed by atoms with Crippen molar-refractivity contribution in [2.75, 3.05) is 6.54 Å². The monoisotopic (exact) mass is 338 g/mol. The quantitative estimate of drug-likeness (QED) is 0.813. The lowest BCUT2D eigenvalue weighted by Crippen LogP contribution is -2.56. The molecule has 3 unspecified atom stereocenters. The molecule has 1 fully saturated rings. The topological polar surface area (TPSA) is 41.1 Å². The second kappa shape index (κ2) is 7.38. The van der Waals surface area contributed by atoms with Gasteiger partial charge in [0, 0.05) is 12.1 Å². The molecule has 3 atom stereocenters. The molecule has 1 amide bonds. The van der Waals surface area contributed by atoms with Gasteiger partial charge >= 0.3 is 0 Å². The Morgan fingerprint density at radius 3 is 2.62 bits per heavy atom. The minimum Gasteiger partial charge on any atom is -0.347 e. The first-order valence-electron chi connectivity index (χ1n) is 6.59. The van der Waals surface area contributed by atoms with Crippen molar-refractivity contribution in [2.45, 2.75) is 32.4 Å². The lowest BCUT2D eigenvalue weighted by Gasteiger charge is -2.36. The smallest absolute Gasteiger partial charge is 0.254 e. The summed E-state index contributed by atoms with van der Waals surface area (Å²) in [6, 6.07) is 1.62. The van der Waals surface area contributed by atoms with Gasteiger partial charge in [-0.3, -0.25) is 4.79 Å². The number of benzene rings is 1. The lowest BCUT2D eigenvalue weighted by atomic mass is 9.89. The van der Waals surface area contributed by atoms with Crippen LogP contribution < -0.4 is 10.6 Å². The summed E-state index contributed by atoms with van der Waals surface area (Å²) in [6.07, 6.45) is 0.923. The van der Waals surface area contributed by atoms with Crippen LogP contribution in [0.3, 0.4) is 0 Å². The number of piperidine rings is 1. The molecular weight excluding hydrogens is 321 g/mol. The van der Waals surface area contributed by atoms with Crippen molar-refractivity contribution < 1.29 is 13.6 Å². The van der Waals surface area contributed by atoms with Crippen LogP contribution in [0.4, 0.5) is 8.78 Å². The third-order valence-corrected chi connectivity index (χ3v) is 4.06. The Balaban J connectivity index is 0.00000220. The molecule has 0 spiro atoms. The van der Waals surface area contributed by atoms with E-state index in [2.05, 4.69) is 10.6 Å². The van der Waals surface area contributed by atoms with Gasteiger partial charge in [0.15, 0.2) is 0 Å². The first kappa shape index (κ1) is 18.1. The first-order valence-corrected chi connectivity index (χ1v) is 6.96. The largest absolute Gasteiger partial charge is 0.347 e. The molecule has 1 saturated heterocycles. The van der Waals surface area contributed by atoms with Gasteiger partial charge in [-0.25, -0.2) is 8.78 Å². The van der Waals surface area contributed by atoms with Crippen LogP contribution in [0.25, 0.3) is 0 Å².